The molecule has 0 aromatic carbocycles. The molecule has 8 heavy (non-hydrogen) atoms. The van der Waals surface area contributed by atoms with Gasteiger partial charge in [-0.2, -0.15) is 0 Å². The summed E-state index contributed by atoms with van der Waals surface area (Å²) in [6.07, 6.45) is 0. The topological polar surface area (TPSA) is 67.5 Å². The number of carbonyl (C=O) groups excluding carboxylic acids is 1. The fourth-order valence-electron chi connectivity index (χ4n) is 0.379. The van der Waals surface area contributed by atoms with E-state index in [2.05, 4.69) is 10.3 Å². The number of halogens is 1. The lowest BCUT2D eigenvalue weighted by Gasteiger charge is -1.84. The Morgan fingerprint density at radius 1 is 1.75 bits per heavy atom. The fraction of sp³-hybridized carbons (Fsp3) is 0.333. The van der Waals surface area contributed by atoms with Crippen LogP contribution in [0.2, 0.25) is 0 Å². The summed E-state index contributed by atoms with van der Waals surface area (Å²) in [7, 11) is 0. The van der Waals surface area contributed by atoms with Gasteiger partial charge < -0.3 is 5.73 Å². The molecule has 4 nitrogen and oxygen atoms in total. The van der Waals surface area contributed by atoms with E-state index in [1.54, 1.807) is 0 Å². The second kappa shape index (κ2) is 2.85. The molecule has 46 valence electrons. The lowest BCUT2D eigenvalue weighted by Crippen LogP contribution is -2.30. The normalized spacial score (nSPS) is 16.5. The van der Waals surface area contributed by atoms with Gasteiger partial charge in [-0.15, -0.1) is 24.0 Å². The minimum absolute atomic E-state index is 0. The fourth-order valence-corrected chi connectivity index (χ4v) is 0.379. The zero-order valence-electron chi connectivity index (χ0n) is 4.05. The number of hydrogen-bond acceptors (Lipinski definition) is 3. The molecule has 1 amide bonds. The minimum atomic E-state index is -0.127. The average Bonchev–Trinajstić information content (AvgIpc) is 1.87. The summed E-state index contributed by atoms with van der Waals surface area (Å²) in [6.45, 7) is 0.186. The van der Waals surface area contributed by atoms with E-state index in [0.717, 1.165) is 0 Å². The summed E-state index contributed by atoms with van der Waals surface area (Å²) in [5, 5.41) is 2.31. The van der Waals surface area contributed by atoms with Crippen molar-refractivity contribution in [2.45, 2.75) is 0 Å². The molecule has 0 aliphatic carbocycles. The zero-order valence-corrected chi connectivity index (χ0v) is 6.38. The van der Waals surface area contributed by atoms with Crippen LogP contribution in [0.25, 0.3) is 0 Å². The highest BCUT2D eigenvalue weighted by molar-refractivity contribution is 14.0. The smallest absolute Gasteiger partial charge is 0.248 e. The Bertz CT molecular complexity index is 132. The molecule has 0 saturated heterocycles. The molecule has 5 heteroatoms. The molecule has 1 aliphatic heterocycles. The predicted molar refractivity (Wildman–Crippen MR) is 40.0 cm³/mol. The van der Waals surface area contributed by atoms with Crippen molar-refractivity contribution in [2.75, 3.05) is 6.54 Å². The Labute approximate surface area is 63.6 Å². The molecule has 0 spiro atoms. The van der Waals surface area contributed by atoms with E-state index in [0.29, 0.717) is 0 Å². The van der Waals surface area contributed by atoms with E-state index in [4.69, 9.17) is 5.73 Å². The predicted octanol–water partition coefficient (Wildman–Crippen LogP) is -0.951. The first-order valence-electron chi connectivity index (χ1n) is 1.89. The van der Waals surface area contributed by atoms with Gasteiger partial charge in [0.1, 0.15) is 6.54 Å². The van der Waals surface area contributed by atoms with E-state index < -0.39 is 0 Å². The van der Waals surface area contributed by atoms with Crippen LogP contribution in [0, 0.1) is 0 Å². The maximum Gasteiger partial charge on any atom is 0.248 e. The first-order valence-corrected chi connectivity index (χ1v) is 1.89. The van der Waals surface area contributed by atoms with Gasteiger partial charge in [0, 0.05) is 0 Å². The molecule has 0 bridgehead atoms. The largest absolute Gasteiger partial charge is 0.370 e. The number of guanidine groups is 1. The van der Waals surface area contributed by atoms with Gasteiger partial charge in [0.15, 0.2) is 5.96 Å². The summed E-state index contributed by atoms with van der Waals surface area (Å²) in [5.74, 6) is 0.0995. The van der Waals surface area contributed by atoms with Crippen molar-refractivity contribution in [3.05, 3.63) is 0 Å². The third-order valence-corrected chi connectivity index (χ3v) is 0.660. The average molecular weight is 227 g/mol. The van der Waals surface area contributed by atoms with Gasteiger partial charge in [-0.1, -0.05) is 0 Å². The number of hydrogen-bond donors (Lipinski definition) is 2. The lowest BCUT2D eigenvalue weighted by atomic mass is 10.7. The van der Waals surface area contributed by atoms with E-state index in [-0.39, 0.29) is 42.4 Å². The van der Waals surface area contributed by atoms with Crippen molar-refractivity contribution >= 4 is 35.8 Å². The van der Waals surface area contributed by atoms with Crippen LogP contribution in [0.15, 0.2) is 4.99 Å². The van der Waals surface area contributed by atoms with Crippen molar-refractivity contribution in [1.82, 2.24) is 5.32 Å². The second-order valence-corrected chi connectivity index (χ2v) is 1.25. The van der Waals surface area contributed by atoms with Crippen LogP contribution in [0.3, 0.4) is 0 Å². The zero-order chi connectivity index (χ0) is 5.28. The van der Waals surface area contributed by atoms with Crippen molar-refractivity contribution in [1.29, 1.82) is 0 Å². The Morgan fingerprint density at radius 2 is 2.38 bits per heavy atom. The monoisotopic (exact) mass is 227 g/mol. The number of carbonyl (C=O) groups is 1. The van der Waals surface area contributed by atoms with Gasteiger partial charge in [0.2, 0.25) is 5.91 Å². The molecule has 0 aromatic heterocycles. The van der Waals surface area contributed by atoms with Crippen LogP contribution in [-0.4, -0.2) is 18.4 Å². The van der Waals surface area contributed by atoms with Crippen LogP contribution >= 0.6 is 24.0 Å². The number of nitrogens with one attached hydrogen (secondary N) is 1. The quantitative estimate of drug-likeness (QED) is 0.524. The molecule has 1 heterocycles. The Morgan fingerprint density at radius 3 is 2.50 bits per heavy atom. The Kier molecular flexibility index (Phi) is 2.74. The minimum Gasteiger partial charge on any atom is -0.370 e. The lowest BCUT2D eigenvalue weighted by molar-refractivity contribution is -0.117. The third kappa shape index (κ3) is 1.65. The maximum atomic E-state index is 10.1. The van der Waals surface area contributed by atoms with Crippen LogP contribution in [-0.2, 0) is 4.79 Å². The number of aliphatic imine (C=N–C) groups is 1. The van der Waals surface area contributed by atoms with Gasteiger partial charge in [0.05, 0.1) is 0 Å². The molecule has 1 rings (SSSR count). The van der Waals surface area contributed by atoms with Crippen LogP contribution in [0.1, 0.15) is 0 Å². The molecule has 0 saturated carbocycles. The van der Waals surface area contributed by atoms with Crippen molar-refractivity contribution in [3.63, 3.8) is 0 Å². The van der Waals surface area contributed by atoms with Gasteiger partial charge in [-0.3, -0.25) is 10.1 Å². The standard InChI is InChI=1S/C3H5N3O.HI/c4-3-5-1-2(7)6-3;/h1H2,(H3,4,5,6,7);1H. The SMILES string of the molecule is I.NC1=NCC(=O)N1. The van der Waals surface area contributed by atoms with E-state index in [1.165, 1.54) is 0 Å². The third-order valence-electron chi connectivity index (χ3n) is 0.660. The van der Waals surface area contributed by atoms with Crippen LogP contribution in [0.5, 0.6) is 0 Å². The Balaban J connectivity index is 0.000000490. The highest BCUT2D eigenvalue weighted by Crippen LogP contribution is 1.78. The second-order valence-electron chi connectivity index (χ2n) is 1.25. The number of nitrogens with two attached hydrogens (primary N) is 1. The number of amides is 1. The van der Waals surface area contributed by atoms with Gasteiger partial charge in [-0.05, 0) is 0 Å². The summed E-state index contributed by atoms with van der Waals surface area (Å²) >= 11 is 0. The van der Waals surface area contributed by atoms with Crippen molar-refractivity contribution < 1.29 is 4.79 Å². The summed E-state index contributed by atoms with van der Waals surface area (Å²) < 4.78 is 0. The highest BCUT2D eigenvalue weighted by atomic mass is 127. The molecule has 3 N–H and O–H groups in total. The van der Waals surface area contributed by atoms with Gasteiger partial charge in [-0.25, -0.2) is 4.99 Å². The first kappa shape index (κ1) is 7.67. The van der Waals surface area contributed by atoms with Crippen molar-refractivity contribution in [2.24, 2.45) is 10.7 Å². The summed E-state index contributed by atoms with van der Waals surface area (Å²) in [4.78, 5) is 13.7. The van der Waals surface area contributed by atoms with E-state index in [1.807, 2.05) is 0 Å². The molecule has 0 atom stereocenters. The molecular weight excluding hydrogens is 221 g/mol. The highest BCUT2D eigenvalue weighted by Gasteiger charge is 2.07. The molecule has 0 unspecified atom stereocenters. The molecule has 0 aromatic rings. The van der Waals surface area contributed by atoms with E-state index in [9.17, 15) is 4.79 Å². The first-order chi connectivity index (χ1) is 3.29. The van der Waals surface area contributed by atoms with E-state index >= 15 is 0 Å². The van der Waals surface area contributed by atoms with Crippen molar-refractivity contribution in [3.8, 4) is 0 Å². The molecular formula is C3H6IN3O. The Hall–Kier alpha value is -0.330. The van der Waals surface area contributed by atoms with Gasteiger partial charge in [0.25, 0.3) is 0 Å². The van der Waals surface area contributed by atoms with Gasteiger partial charge >= 0.3 is 0 Å². The molecule has 0 fully saturated rings. The molecule has 1 aliphatic rings. The van der Waals surface area contributed by atoms with Crippen LogP contribution in [0.4, 0.5) is 0 Å². The number of rotatable bonds is 0. The molecule has 0 radical (unpaired) electrons. The maximum absolute atomic E-state index is 10.1. The summed E-state index contributed by atoms with van der Waals surface area (Å²) in [5.41, 5.74) is 5.04. The summed E-state index contributed by atoms with van der Waals surface area (Å²) in [6, 6.07) is 0. The number of nitrogens with zero attached hydrogens (tertiary/aromatic N) is 1. The van der Waals surface area contributed by atoms with Crippen LogP contribution < -0.4 is 11.1 Å².